The van der Waals surface area contributed by atoms with Crippen LogP contribution in [0.15, 0.2) is 42.6 Å². The predicted octanol–water partition coefficient (Wildman–Crippen LogP) is 3.27. The average Bonchev–Trinajstić information content (AvgIpc) is 2.24. The van der Waals surface area contributed by atoms with Crippen LogP contribution in [0, 0.1) is 12.7 Å². The summed E-state index contributed by atoms with van der Waals surface area (Å²) in [6.45, 7) is 1.85. The summed E-state index contributed by atoms with van der Waals surface area (Å²) in [5.74, 6) is 0.376. The number of halogens is 1. The molecular formula is C12H11FN2. The van der Waals surface area contributed by atoms with E-state index in [0.717, 1.165) is 5.56 Å². The molecule has 0 amide bonds. The molecule has 2 rings (SSSR count). The summed E-state index contributed by atoms with van der Waals surface area (Å²) in [7, 11) is 0. The third-order valence-corrected chi connectivity index (χ3v) is 2.05. The standard InChI is InChI=1S/C12H11FN2/c1-9-5-6-11(10(13)8-9)15-12-4-2-3-7-14-12/h2-8H,1H3,(H,14,15). The summed E-state index contributed by atoms with van der Waals surface area (Å²) >= 11 is 0. The molecule has 0 aliphatic rings. The van der Waals surface area contributed by atoms with Crippen molar-refractivity contribution in [1.29, 1.82) is 0 Å². The Hall–Kier alpha value is -1.90. The molecular weight excluding hydrogens is 191 g/mol. The van der Waals surface area contributed by atoms with Gasteiger partial charge in [0.1, 0.15) is 11.6 Å². The number of pyridine rings is 1. The van der Waals surface area contributed by atoms with Gasteiger partial charge in [0.25, 0.3) is 0 Å². The fourth-order valence-electron chi connectivity index (χ4n) is 1.30. The molecule has 2 nitrogen and oxygen atoms in total. The monoisotopic (exact) mass is 202 g/mol. The summed E-state index contributed by atoms with van der Waals surface area (Å²) in [5, 5.41) is 2.91. The molecule has 0 aliphatic carbocycles. The van der Waals surface area contributed by atoms with E-state index in [9.17, 15) is 4.39 Å². The van der Waals surface area contributed by atoms with E-state index in [-0.39, 0.29) is 5.82 Å². The summed E-state index contributed by atoms with van der Waals surface area (Å²) in [6, 6.07) is 10.5. The van der Waals surface area contributed by atoms with Crippen LogP contribution in [0.4, 0.5) is 15.9 Å². The van der Waals surface area contributed by atoms with Crippen molar-refractivity contribution >= 4 is 11.5 Å². The molecule has 0 saturated heterocycles. The molecule has 0 fully saturated rings. The zero-order valence-corrected chi connectivity index (χ0v) is 8.37. The van der Waals surface area contributed by atoms with Crippen LogP contribution in [-0.2, 0) is 0 Å². The molecule has 2 aromatic rings. The Morgan fingerprint density at radius 3 is 2.73 bits per heavy atom. The van der Waals surface area contributed by atoms with Crippen molar-refractivity contribution in [3.63, 3.8) is 0 Å². The highest BCUT2D eigenvalue weighted by molar-refractivity contribution is 5.56. The second-order valence-corrected chi connectivity index (χ2v) is 3.32. The minimum atomic E-state index is -0.263. The first-order chi connectivity index (χ1) is 7.25. The van der Waals surface area contributed by atoms with Crippen molar-refractivity contribution in [3.8, 4) is 0 Å². The maximum Gasteiger partial charge on any atom is 0.146 e. The molecule has 1 heterocycles. The Labute approximate surface area is 87.8 Å². The Morgan fingerprint density at radius 2 is 2.07 bits per heavy atom. The molecule has 0 saturated carbocycles. The first kappa shape index (κ1) is 9.65. The Bertz CT molecular complexity index is 454. The van der Waals surface area contributed by atoms with E-state index in [2.05, 4.69) is 10.3 Å². The quantitative estimate of drug-likeness (QED) is 0.808. The third kappa shape index (κ3) is 2.31. The lowest BCUT2D eigenvalue weighted by Crippen LogP contribution is -1.95. The van der Waals surface area contributed by atoms with E-state index in [4.69, 9.17) is 0 Å². The van der Waals surface area contributed by atoms with E-state index < -0.39 is 0 Å². The lowest BCUT2D eigenvalue weighted by Gasteiger charge is -2.06. The van der Waals surface area contributed by atoms with Crippen LogP contribution in [-0.4, -0.2) is 4.98 Å². The van der Waals surface area contributed by atoms with Gasteiger partial charge in [-0.2, -0.15) is 0 Å². The summed E-state index contributed by atoms with van der Waals surface area (Å²) in [6.07, 6.45) is 1.66. The van der Waals surface area contributed by atoms with Crippen LogP contribution in [0.5, 0.6) is 0 Å². The van der Waals surface area contributed by atoms with Gasteiger partial charge in [-0.3, -0.25) is 0 Å². The fourth-order valence-corrected chi connectivity index (χ4v) is 1.30. The van der Waals surface area contributed by atoms with Gasteiger partial charge in [-0.25, -0.2) is 9.37 Å². The second kappa shape index (κ2) is 4.09. The zero-order valence-electron chi connectivity index (χ0n) is 8.37. The van der Waals surface area contributed by atoms with Gasteiger partial charge in [0.15, 0.2) is 0 Å². The van der Waals surface area contributed by atoms with Crippen molar-refractivity contribution in [2.24, 2.45) is 0 Å². The van der Waals surface area contributed by atoms with Crippen LogP contribution >= 0.6 is 0 Å². The lowest BCUT2D eigenvalue weighted by molar-refractivity contribution is 0.630. The Balaban J connectivity index is 2.25. The fraction of sp³-hybridized carbons (Fsp3) is 0.0833. The van der Waals surface area contributed by atoms with Gasteiger partial charge < -0.3 is 5.32 Å². The summed E-state index contributed by atoms with van der Waals surface area (Å²) < 4.78 is 13.4. The van der Waals surface area contributed by atoms with Gasteiger partial charge in [-0.1, -0.05) is 12.1 Å². The molecule has 1 aromatic carbocycles. The molecule has 0 bridgehead atoms. The molecule has 1 N–H and O–H groups in total. The second-order valence-electron chi connectivity index (χ2n) is 3.32. The van der Waals surface area contributed by atoms with Gasteiger partial charge in [0.05, 0.1) is 5.69 Å². The molecule has 3 heteroatoms. The lowest BCUT2D eigenvalue weighted by atomic mass is 10.2. The van der Waals surface area contributed by atoms with Crippen LogP contribution in [0.2, 0.25) is 0 Å². The smallest absolute Gasteiger partial charge is 0.146 e. The van der Waals surface area contributed by atoms with Crippen molar-refractivity contribution in [2.75, 3.05) is 5.32 Å². The number of anilines is 2. The largest absolute Gasteiger partial charge is 0.338 e. The molecule has 0 aliphatic heterocycles. The maximum atomic E-state index is 13.4. The number of rotatable bonds is 2. The Kier molecular flexibility index (Phi) is 2.63. The number of benzene rings is 1. The third-order valence-electron chi connectivity index (χ3n) is 2.05. The van der Waals surface area contributed by atoms with E-state index in [1.165, 1.54) is 6.07 Å². The SMILES string of the molecule is Cc1ccc(Nc2ccccn2)c(F)c1. The van der Waals surface area contributed by atoms with E-state index in [1.807, 2.05) is 25.1 Å². The molecule has 0 atom stereocenters. The number of hydrogen-bond acceptors (Lipinski definition) is 2. The minimum Gasteiger partial charge on any atom is -0.338 e. The minimum absolute atomic E-state index is 0.263. The number of nitrogens with zero attached hydrogens (tertiary/aromatic N) is 1. The van der Waals surface area contributed by atoms with Crippen LogP contribution < -0.4 is 5.32 Å². The van der Waals surface area contributed by atoms with Crippen molar-refractivity contribution in [2.45, 2.75) is 6.92 Å². The van der Waals surface area contributed by atoms with Crippen molar-refractivity contribution in [3.05, 3.63) is 54.0 Å². The number of aryl methyl sites for hydroxylation is 1. The summed E-state index contributed by atoms with van der Waals surface area (Å²) in [4.78, 5) is 4.06. The number of hydrogen-bond donors (Lipinski definition) is 1. The Morgan fingerprint density at radius 1 is 1.20 bits per heavy atom. The van der Waals surface area contributed by atoms with Crippen LogP contribution in [0.1, 0.15) is 5.56 Å². The van der Waals surface area contributed by atoms with E-state index >= 15 is 0 Å². The van der Waals surface area contributed by atoms with Gasteiger partial charge in [-0.15, -0.1) is 0 Å². The van der Waals surface area contributed by atoms with E-state index in [0.29, 0.717) is 11.5 Å². The van der Waals surface area contributed by atoms with E-state index in [1.54, 1.807) is 18.3 Å². The van der Waals surface area contributed by atoms with Gasteiger partial charge in [0, 0.05) is 6.20 Å². The highest BCUT2D eigenvalue weighted by Gasteiger charge is 2.02. The van der Waals surface area contributed by atoms with Crippen molar-refractivity contribution in [1.82, 2.24) is 4.98 Å². The molecule has 0 unspecified atom stereocenters. The molecule has 76 valence electrons. The normalized spacial score (nSPS) is 10.0. The first-order valence-electron chi connectivity index (χ1n) is 4.70. The number of aromatic nitrogens is 1. The van der Waals surface area contributed by atoms with Crippen LogP contribution in [0.25, 0.3) is 0 Å². The molecule has 0 spiro atoms. The molecule has 1 aromatic heterocycles. The average molecular weight is 202 g/mol. The van der Waals surface area contributed by atoms with Crippen molar-refractivity contribution < 1.29 is 4.39 Å². The highest BCUT2D eigenvalue weighted by Crippen LogP contribution is 2.18. The predicted molar refractivity (Wildman–Crippen MR) is 58.7 cm³/mol. The van der Waals surface area contributed by atoms with Gasteiger partial charge >= 0.3 is 0 Å². The highest BCUT2D eigenvalue weighted by atomic mass is 19.1. The first-order valence-corrected chi connectivity index (χ1v) is 4.70. The molecule has 15 heavy (non-hydrogen) atoms. The topological polar surface area (TPSA) is 24.9 Å². The van der Waals surface area contributed by atoms with Crippen LogP contribution in [0.3, 0.4) is 0 Å². The number of nitrogens with one attached hydrogen (secondary N) is 1. The van der Waals surface area contributed by atoms with Gasteiger partial charge in [0.2, 0.25) is 0 Å². The zero-order chi connectivity index (χ0) is 10.7. The molecule has 0 radical (unpaired) electrons. The van der Waals surface area contributed by atoms with Gasteiger partial charge in [-0.05, 0) is 36.8 Å². The summed E-state index contributed by atoms with van der Waals surface area (Å²) in [5.41, 5.74) is 1.35. The maximum absolute atomic E-state index is 13.4.